The van der Waals surface area contributed by atoms with Gasteiger partial charge >= 0.3 is 18.2 Å². The Labute approximate surface area is 229 Å². The first-order chi connectivity index (χ1) is 18.4. The van der Waals surface area contributed by atoms with E-state index in [-0.39, 0.29) is 24.6 Å². The van der Waals surface area contributed by atoms with E-state index in [4.69, 9.17) is 42.6 Å². The number of ether oxygens (including phenoxy) is 2. The van der Waals surface area contributed by atoms with Gasteiger partial charge in [0.2, 0.25) is 0 Å². The van der Waals surface area contributed by atoms with Crippen molar-refractivity contribution in [3.05, 3.63) is 76.3 Å². The number of carboxylic acid groups (broad SMARTS) is 1. The molecule has 210 valence electrons. The van der Waals surface area contributed by atoms with Crippen LogP contribution in [0.3, 0.4) is 0 Å². The maximum Gasteiger partial charge on any atom is 0.490 e. The fraction of sp³-hybridized carbons (Fsp3) is 0.292. The highest BCUT2D eigenvalue weighted by atomic mass is 35.5. The zero-order valence-corrected chi connectivity index (χ0v) is 21.5. The van der Waals surface area contributed by atoms with Crippen molar-refractivity contribution in [3.63, 3.8) is 0 Å². The van der Waals surface area contributed by atoms with Crippen LogP contribution >= 0.6 is 23.2 Å². The number of rotatable bonds is 6. The highest BCUT2D eigenvalue weighted by Crippen LogP contribution is 2.24. The third-order valence-corrected chi connectivity index (χ3v) is 5.52. The number of hydrogen-bond acceptors (Lipinski definition) is 5. The summed E-state index contributed by atoms with van der Waals surface area (Å²) < 4.78 is 57.9. The molecule has 2 amide bonds. The molecule has 1 saturated heterocycles. The van der Waals surface area contributed by atoms with Crippen molar-refractivity contribution in [2.75, 3.05) is 31.6 Å². The largest absolute Gasteiger partial charge is 0.491 e. The Kier molecular flexibility index (Phi) is 10.4. The predicted molar refractivity (Wildman–Crippen MR) is 134 cm³/mol. The number of carboxylic acids is 1. The highest BCUT2D eigenvalue weighted by molar-refractivity contribution is 6.34. The van der Waals surface area contributed by atoms with E-state index in [0.717, 1.165) is 5.56 Å². The number of halogens is 6. The lowest BCUT2D eigenvalue weighted by atomic mass is 10.2. The Morgan fingerprint density at radius 3 is 2.41 bits per heavy atom. The summed E-state index contributed by atoms with van der Waals surface area (Å²) in [7, 11) is 0. The van der Waals surface area contributed by atoms with E-state index in [1.54, 1.807) is 52.3 Å². The van der Waals surface area contributed by atoms with E-state index in [2.05, 4.69) is 10.4 Å². The van der Waals surface area contributed by atoms with E-state index in [0.29, 0.717) is 47.7 Å². The second-order valence-electron chi connectivity index (χ2n) is 8.14. The molecular weight excluding hydrogens is 571 g/mol. The molecule has 1 atom stereocenters. The van der Waals surface area contributed by atoms with Crippen LogP contribution in [0.2, 0.25) is 10.0 Å². The Bertz CT molecular complexity index is 1250. The number of amides is 2. The quantitative estimate of drug-likeness (QED) is 0.375. The van der Waals surface area contributed by atoms with E-state index in [1.807, 2.05) is 0 Å². The molecule has 9 nitrogen and oxygen atoms in total. The van der Waals surface area contributed by atoms with Gasteiger partial charge in [0.05, 0.1) is 31.6 Å². The molecule has 1 unspecified atom stereocenters. The molecular formula is C24H22Cl2F4N4O5. The van der Waals surface area contributed by atoms with Crippen LogP contribution in [-0.2, 0) is 16.1 Å². The van der Waals surface area contributed by atoms with Crippen LogP contribution in [0.4, 0.5) is 28.0 Å². The summed E-state index contributed by atoms with van der Waals surface area (Å²) in [5, 5.41) is 15.2. The van der Waals surface area contributed by atoms with Crippen molar-refractivity contribution < 1.29 is 41.7 Å². The third kappa shape index (κ3) is 9.93. The summed E-state index contributed by atoms with van der Waals surface area (Å²) >= 11 is 12.0. The zero-order valence-electron chi connectivity index (χ0n) is 20.0. The molecule has 0 saturated carbocycles. The minimum Gasteiger partial charge on any atom is -0.491 e. The van der Waals surface area contributed by atoms with Gasteiger partial charge in [-0.3, -0.25) is 4.68 Å². The molecule has 15 heteroatoms. The Morgan fingerprint density at radius 1 is 1.15 bits per heavy atom. The van der Waals surface area contributed by atoms with Crippen LogP contribution in [0.5, 0.6) is 5.75 Å². The Hall–Kier alpha value is -3.55. The fourth-order valence-electron chi connectivity index (χ4n) is 3.30. The van der Waals surface area contributed by atoms with Crippen molar-refractivity contribution in [2.24, 2.45) is 0 Å². The van der Waals surface area contributed by atoms with Gasteiger partial charge in [0.1, 0.15) is 24.3 Å². The van der Waals surface area contributed by atoms with Gasteiger partial charge in [-0.25, -0.2) is 14.0 Å². The molecule has 0 spiro atoms. The van der Waals surface area contributed by atoms with Crippen LogP contribution in [0.15, 0.2) is 54.9 Å². The number of benzene rings is 2. The molecule has 1 aliphatic rings. The first-order valence-corrected chi connectivity index (χ1v) is 12.0. The summed E-state index contributed by atoms with van der Waals surface area (Å²) in [5.41, 5.74) is 1.48. The minimum absolute atomic E-state index is 0.245. The minimum atomic E-state index is -5.08. The van der Waals surface area contributed by atoms with Crippen molar-refractivity contribution >= 4 is 40.9 Å². The number of anilines is 1. The lowest BCUT2D eigenvalue weighted by molar-refractivity contribution is -0.192. The van der Waals surface area contributed by atoms with Crippen molar-refractivity contribution in [1.29, 1.82) is 0 Å². The van der Waals surface area contributed by atoms with Gasteiger partial charge in [-0.05, 0) is 35.9 Å². The molecule has 3 aromatic rings. The van der Waals surface area contributed by atoms with E-state index >= 15 is 0 Å². The van der Waals surface area contributed by atoms with Gasteiger partial charge in [0.25, 0.3) is 0 Å². The molecule has 0 aliphatic carbocycles. The number of carbonyl (C=O) groups is 2. The number of morpholine rings is 1. The van der Waals surface area contributed by atoms with E-state index in [1.165, 1.54) is 12.1 Å². The number of carbonyl (C=O) groups excluding carboxylic acids is 1. The zero-order chi connectivity index (χ0) is 28.6. The monoisotopic (exact) mass is 592 g/mol. The number of aliphatic carboxylic acids is 1. The highest BCUT2D eigenvalue weighted by Gasteiger charge is 2.38. The maximum absolute atomic E-state index is 13.0. The molecule has 2 heterocycles. The topological polar surface area (TPSA) is 106 Å². The molecule has 39 heavy (non-hydrogen) atoms. The van der Waals surface area contributed by atoms with Crippen molar-refractivity contribution in [1.82, 2.24) is 14.7 Å². The van der Waals surface area contributed by atoms with Gasteiger partial charge in [0, 0.05) is 22.8 Å². The van der Waals surface area contributed by atoms with Gasteiger partial charge in [-0.2, -0.15) is 18.3 Å². The van der Waals surface area contributed by atoms with Gasteiger partial charge < -0.3 is 24.8 Å². The van der Waals surface area contributed by atoms with Crippen LogP contribution in [0, 0.1) is 5.82 Å². The molecule has 4 rings (SSSR count). The van der Waals surface area contributed by atoms with Crippen molar-refractivity contribution in [2.45, 2.75) is 18.8 Å². The SMILES string of the molecule is O=C(Nc1cnn(Cc2ccc(F)cc2)c1)N1CCOC(COc2cc(Cl)cc(Cl)c2)C1.O=C(O)C(F)(F)F. The summed E-state index contributed by atoms with van der Waals surface area (Å²) in [6, 6.07) is 10.9. The Balaban J connectivity index is 0.000000532. The molecule has 0 radical (unpaired) electrons. The lowest BCUT2D eigenvalue weighted by Crippen LogP contribution is -2.49. The number of nitrogens with zero attached hydrogens (tertiary/aromatic N) is 3. The summed E-state index contributed by atoms with van der Waals surface area (Å²) in [6.45, 7) is 1.98. The molecule has 2 aromatic carbocycles. The number of alkyl halides is 3. The average Bonchev–Trinajstić information content (AvgIpc) is 3.30. The first-order valence-electron chi connectivity index (χ1n) is 11.2. The van der Waals surface area contributed by atoms with Gasteiger partial charge in [-0.1, -0.05) is 35.3 Å². The summed E-state index contributed by atoms with van der Waals surface area (Å²) in [5.74, 6) is -2.50. The van der Waals surface area contributed by atoms with Crippen LogP contribution in [0.25, 0.3) is 0 Å². The molecule has 1 aromatic heterocycles. The van der Waals surface area contributed by atoms with Crippen LogP contribution in [0.1, 0.15) is 5.56 Å². The van der Waals surface area contributed by atoms with Gasteiger partial charge in [0.15, 0.2) is 0 Å². The van der Waals surface area contributed by atoms with E-state index < -0.39 is 12.1 Å². The first kappa shape index (κ1) is 30.0. The summed E-state index contributed by atoms with van der Waals surface area (Å²) in [4.78, 5) is 23.2. The second kappa shape index (κ2) is 13.5. The third-order valence-electron chi connectivity index (χ3n) is 5.08. The Morgan fingerprint density at radius 2 is 1.79 bits per heavy atom. The van der Waals surface area contributed by atoms with Gasteiger partial charge in [-0.15, -0.1) is 0 Å². The lowest BCUT2D eigenvalue weighted by Gasteiger charge is -2.32. The number of urea groups is 1. The van der Waals surface area contributed by atoms with Crippen LogP contribution in [-0.4, -0.2) is 70.4 Å². The molecule has 2 N–H and O–H groups in total. The standard InChI is InChI=1S/C22H21Cl2FN4O3.C2HF3O2/c23-16-7-17(24)9-20(8-16)32-14-21-13-28(5-6-31-21)22(30)27-19-10-26-29(12-19)11-15-1-3-18(25)4-2-15;3-2(4,5)1(6)7/h1-4,7-10,12,21H,5-6,11,13-14H2,(H,27,30);(H,6,7). The smallest absolute Gasteiger partial charge is 0.490 e. The second-order valence-corrected chi connectivity index (χ2v) is 9.01. The van der Waals surface area contributed by atoms with Crippen LogP contribution < -0.4 is 10.1 Å². The molecule has 1 aliphatic heterocycles. The average molecular weight is 593 g/mol. The number of hydrogen-bond donors (Lipinski definition) is 2. The number of aromatic nitrogens is 2. The maximum atomic E-state index is 13.0. The number of nitrogens with one attached hydrogen (secondary N) is 1. The molecule has 0 bridgehead atoms. The normalized spacial score (nSPS) is 15.2. The fourth-order valence-corrected chi connectivity index (χ4v) is 3.81. The molecule has 1 fully saturated rings. The summed E-state index contributed by atoms with van der Waals surface area (Å²) in [6.07, 6.45) is -2.07. The van der Waals surface area contributed by atoms with E-state index in [9.17, 15) is 22.4 Å². The predicted octanol–water partition coefficient (Wildman–Crippen LogP) is 5.32. The van der Waals surface area contributed by atoms with Crippen molar-refractivity contribution in [3.8, 4) is 5.75 Å².